The van der Waals surface area contributed by atoms with Crippen molar-refractivity contribution in [2.24, 2.45) is 0 Å². The lowest BCUT2D eigenvalue weighted by atomic mass is 10.2. The minimum Gasteiger partial charge on any atom is -0.462 e. The van der Waals surface area contributed by atoms with Gasteiger partial charge in [0.05, 0.1) is 26.4 Å². The molecule has 0 aromatic carbocycles. The van der Waals surface area contributed by atoms with Crippen molar-refractivity contribution >= 4 is 39.5 Å². The Kier molecular flexibility index (Phi) is 23.2. The number of esters is 4. The van der Waals surface area contributed by atoms with Gasteiger partial charge >= 0.3 is 39.5 Å². The number of carbonyl (C=O) groups is 4. The van der Waals surface area contributed by atoms with Crippen molar-refractivity contribution < 1.29 is 80.2 Å². The van der Waals surface area contributed by atoms with E-state index in [1.165, 1.54) is 0 Å². The summed E-state index contributed by atoms with van der Waals surface area (Å²) in [6, 6.07) is 0. The van der Waals surface area contributed by atoms with Crippen molar-refractivity contribution in [2.75, 3.05) is 39.6 Å². The molecule has 0 saturated heterocycles. The molecule has 0 aliphatic carbocycles. The van der Waals surface area contributed by atoms with Gasteiger partial charge in [0.25, 0.3) is 0 Å². The Labute approximate surface area is 263 Å². The van der Waals surface area contributed by atoms with Crippen LogP contribution in [0.3, 0.4) is 0 Å². The number of carbonyl (C=O) groups excluding carboxylic acids is 4. The van der Waals surface area contributed by atoms with E-state index in [1.807, 2.05) is 6.92 Å². The molecule has 0 aromatic heterocycles. The highest BCUT2D eigenvalue weighted by Gasteiger charge is 2.30. The normalized spacial score (nSPS) is 16.0. The van der Waals surface area contributed by atoms with Crippen LogP contribution in [0.15, 0.2) is 0 Å². The van der Waals surface area contributed by atoms with Crippen LogP contribution >= 0.6 is 15.6 Å². The van der Waals surface area contributed by atoms with E-state index in [4.69, 9.17) is 28.0 Å². The second kappa shape index (κ2) is 24.3. The molecule has 3 N–H and O–H groups in total. The van der Waals surface area contributed by atoms with E-state index in [9.17, 15) is 43.2 Å². The smallest absolute Gasteiger partial charge is 0.462 e. The second-order valence-corrected chi connectivity index (χ2v) is 12.6. The number of hydrogen-bond donors (Lipinski definition) is 3. The van der Waals surface area contributed by atoms with Crippen LogP contribution in [0.25, 0.3) is 0 Å². The van der Waals surface area contributed by atoms with Gasteiger partial charge in [0, 0.05) is 25.7 Å². The molecule has 0 heterocycles. The molecule has 264 valence electrons. The summed E-state index contributed by atoms with van der Waals surface area (Å²) in [5, 5.41) is 10.0. The maximum absolute atomic E-state index is 12.3. The van der Waals surface area contributed by atoms with Gasteiger partial charge < -0.3 is 33.8 Å². The largest absolute Gasteiger partial charge is 0.472 e. The van der Waals surface area contributed by atoms with Crippen molar-refractivity contribution in [3.8, 4) is 0 Å². The minimum atomic E-state index is -4.85. The Balaban J connectivity index is 4.86. The van der Waals surface area contributed by atoms with Gasteiger partial charge in [-0.25, -0.2) is 9.13 Å². The van der Waals surface area contributed by atoms with E-state index in [0.717, 1.165) is 6.42 Å². The topological polar surface area (TPSA) is 237 Å². The molecule has 0 aliphatic rings. The lowest BCUT2D eigenvalue weighted by Crippen LogP contribution is -2.30. The fourth-order valence-corrected chi connectivity index (χ4v) is 4.59. The maximum atomic E-state index is 12.3. The molecule has 0 spiro atoms. The standard InChI is InChI=1S/C26H48O17P2/c1-5-9-13-24(29)37-17-22(43-26(31)12-8-4)19-41-45(34,35)39-15-20(27)14-38-44(32,33)40-18-21(42-25(30)11-7-3)16-36-23(28)10-6-2/h20-22,27H,5-19H2,1-4H3,(H,32,33)(H,34,35)/t20-,21-,22-/m1/s1. The second-order valence-electron chi connectivity index (χ2n) is 9.72. The van der Waals surface area contributed by atoms with Crippen molar-refractivity contribution in [1.29, 1.82) is 0 Å². The average molecular weight is 695 g/mol. The van der Waals surface area contributed by atoms with Crippen molar-refractivity contribution in [1.82, 2.24) is 0 Å². The third-order valence-corrected chi connectivity index (χ3v) is 7.16. The van der Waals surface area contributed by atoms with Crippen molar-refractivity contribution in [3.05, 3.63) is 0 Å². The predicted octanol–water partition coefficient (Wildman–Crippen LogP) is 3.12. The molecule has 19 heteroatoms. The summed E-state index contributed by atoms with van der Waals surface area (Å²) in [7, 11) is -9.71. The first-order valence-corrected chi connectivity index (χ1v) is 17.8. The molecule has 45 heavy (non-hydrogen) atoms. The molecular formula is C26H48O17P2. The van der Waals surface area contributed by atoms with Crippen LogP contribution in [-0.4, -0.2) is 96.7 Å². The molecule has 0 rings (SSSR count). The van der Waals surface area contributed by atoms with Crippen LogP contribution in [0, 0.1) is 0 Å². The van der Waals surface area contributed by atoms with Gasteiger partial charge in [-0.15, -0.1) is 0 Å². The number of hydrogen-bond acceptors (Lipinski definition) is 15. The van der Waals surface area contributed by atoms with E-state index < -0.39 is 97.5 Å². The van der Waals surface area contributed by atoms with Gasteiger partial charge in [-0.05, 0) is 25.7 Å². The highest BCUT2D eigenvalue weighted by Crippen LogP contribution is 2.45. The third-order valence-electron chi connectivity index (χ3n) is 5.26. The van der Waals surface area contributed by atoms with Crippen LogP contribution < -0.4 is 0 Å². The Hall–Kier alpha value is -1.94. The maximum Gasteiger partial charge on any atom is 0.472 e. The van der Waals surface area contributed by atoms with Crippen LogP contribution in [0.1, 0.15) is 85.5 Å². The van der Waals surface area contributed by atoms with E-state index in [1.54, 1.807) is 20.8 Å². The van der Waals surface area contributed by atoms with Crippen molar-refractivity contribution in [3.63, 3.8) is 0 Å². The summed E-state index contributed by atoms with van der Waals surface area (Å²) in [6.07, 6.45) is -0.995. The fraction of sp³-hybridized carbons (Fsp3) is 0.846. The molecule has 0 aliphatic heterocycles. The first kappa shape index (κ1) is 43.1. The summed E-state index contributed by atoms with van der Waals surface area (Å²) in [5.41, 5.74) is 0. The average Bonchev–Trinajstić information content (AvgIpc) is 2.97. The summed E-state index contributed by atoms with van der Waals surface area (Å²) >= 11 is 0. The zero-order valence-corrected chi connectivity index (χ0v) is 28.1. The lowest BCUT2D eigenvalue weighted by molar-refractivity contribution is -0.161. The first-order valence-electron chi connectivity index (χ1n) is 14.8. The molecule has 0 amide bonds. The molecule has 0 aromatic rings. The fourth-order valence-electron chi connectivity index (χ4n) is 3.01. The van der Waals surface area contributed by atoms with Gasteiger partial charge in [0.15, 0.2) is 12.2 Å². The summed E-state index contributed by atoms with van der Waals surface area (Å²) in [4.78, 5) is 67.0. The molecule has 2 unspecified atom stereocenters. The molecule has 0 radical (unpaired) electrons. The third kappa shape index (κ3) is 24.0. The Bertz CT molecular complexity index is 975. The van der Waals surface area contributed by atoms with E-state index >= 15 is 0 Å². The zero-order chi connectivity index (χ0) is 34.3. The number of rotatable bonds is 27. The van der Waals surface area contributed by atoms with Gasteiger partial charge in [-0.3, -0.25) is 37.3 Å². The molecule has 0 fully saturated rings. The van der Waals surface area contributed by atoms with Crippen LogP contribution in [0.5, 0.6) is 0 Å². The van der Waals surface area contributed by atoms with Crippen LogP contribution in [-0.2, 0) is 65.4 Å². The minimum absolute atomic E-state index is 0.0501. The zero-order valence-electron chi connectivity index (χ0n) is 26.3. The van der Waals surface area contributed by atoms with Gasteiger partial charge in [-0.2, -0.15) is 0 Å². The lowest BCUT2D eigenvalue weighted by Gasteiger charge is -2.21. The summed E-state index contributed by atoms with van der Waals surface area (Å²) < 4.78 is 63.7. The number of unbranched alkanes of at least 4 members (excludes halogenated alkanes) is 1. The van der Waals surface area contributed by atoms with Crippen LogP contribution in [0.2, 0.25) is 0 Å². The van der Waals surface area contributed by atoms with Gasteiger partial charge in [-0.1, -0.05) is 34.1 Å². The monoisotopic (exact) mass is 694 g/mol. The van der Waals surface area contributed by atoms with E-state index in [-0.39, 0.29) is 25.7 Å². The summed E-state index contributed by atoms with van der Waals surface area (Å²) in [5.74, 6) is -2.40. The highest BCUT2D eigenvalue weighted by molar-refractivity contribution is 7.47. The Morgan fingerprint density at radius 3 is 1.27 bits per heavy atom. The SMILES string of the molecule is CCCCC(=O)OC[C@H](COP(=O)(O)OC[C@H](O)COP(=O)(O)OC[C@@H](COC(=O)CCC)OC(=O)CCC)OC(=O)CCC. The van der Waals surface area contributed by atoms with Gasteiger partial charge in [0.1, 0.15) is 19.3 Å². The number of ether oxygens (including phenoxy) is 4. The quantitative estimate of drug-likeness (QED) is 0.0636. The molecule has 0 saturated carbocycles. The summed E-state index contributed by atoms with van der Waals surface area (Å²) in [6.45, 7) is 3.08. The predicted molar refractivity (Wildman–Crippen MR) is 155 cm³/mol. The molecule has 5 atom stereocenters. The van der Waals surface area contributed by atoms with Crippen LogP contribution in [0.4, 0.5) is 0 Å². The molecule has 0 bridgehead atoms. The molecular weight excluding hydrogens is 646 g/mol. The number of phosphoric acid groups is 2. The van der Waals surface area contributed by atoms with Gasteiger partial charge in [0.2, 0.25) is 0 Å². The first-order chi connectivity index (χ1) is 21.2. The Morgan fingerprint density at radius 2 is 0.889 bits per heavy atom. The number of aliphatic hydroxyl groups is 1. The van der Waals surface area contributed by atoms with E-state index in [0.29, 0.717) is 25.7 Å². The van der Waals surface area contributed by atoms with Crippen molar-refractivity contribution in [2.45, 2.75) is 104 Å². The van der Waals surface area contributed by atoms with E-state index in [2.05, 4.69) is 9.05 Å². The number of phosphoric ester groups is 2. The highest BCUT2D eigenvalue weighted by atomic mass is 31.2. The number of aliphatic hydroxyl groups excluding tert-OH is 1. The molecule has 17 nitrogen and oxygen atoms in total. The Morgan fingerprint density at radius 1 is 0.533 bits per heavy atom.